The van der Waals surface area contributed by atoms with Crippen molar-refractivity contribution < 1.29 is 27.0 Å². The third kappa shape index (κ3) is 10.1. The highest BCUT2D eigenvalue weighted by Crippen LogP contribution is 2.53. The molecule has 0 aliphatic rings. The standard InChI is InChI=1S/C32H50NO6PS/c1-11-38-40(35,18-17-30(34)39-32(8,9)10)29(19-25-15-13-12-14-16-25)33-41(36,37)31-27(23(4)5)20-26(22(2)3)21-28(31)24(6)7/h12-16,20-24,29,33H,11,17-19H2,1-10H3/t29-,40?/m1/s1. The Balaban J connectivity index is 2.66. The predicted molar refractivity (Wildman–Crippen MR) is 168 cm³/mol. The molecule has 2 rings (SSSR count). The first kappa shape index (κ1) is 35.2. The van der Waals surface area contributed by atoms with Crippen molar-refractivity contribution >= 4 is 23.4 Å². The van der Waals surface area contributed by atoms with Crippen LogP contribution >= 0.6 is 7.37 Å². The fourth-order valence-electron chi connectivity index (χ4n) is 4.70. The first-order valence-electron chi connectivity index (χ1n) is 14.6. The number of ether oxygens (including phenoxy) is 1. The minimum Gasteiger partial charge on any atom is -0.460 e. The molecule has 0 aliphatic carbocycles. The Morgan fingerprint density at radius 1 is 0.927 bits per heavy atom. The van der Waals surface area contributed by atoms with Gasteiger partial charge in [-0.05, 0) is 74.1 Å². The van der Waals surface area contributed by atoms with Gasteiger partial charge in [-0.1, -0.05) is 84.0 Å². The number of nitrogens with one attached hydrogen (secondary N) is 1. The number of esters is 1. The molecule has 2 atom stereocenters. The summed E-state index contributed by atoms with van der Waals surface area (Å²) in [5.74, 6) is -1.48. The smallest absolute Gasteiger partial charge is 0.306 e. The van der Waals surface area contributed by atoms with Crippen LogP contribution in [0.2, 0.25) is 0 Å². The van der Waals surface area contributed by atoms with E-state index in [1.807, 2.05) is 70.2 Å². The quantitative estimate of drug-likeness (QED) is 0.173. The third-order valence-corrected chi connectivity index (χ3v) is 11.4. The molecule has 7 nitrogen and oxygen atoms in total. The molecule has 230 valence electrons. The molecule has 0 aromatic heterocycles. The van der Waals surface area contributed by atoms with E-state index in [0.717, 1.165) is 22.3 Å². The van der Waals surface area contributed by atoms with E-state index in [9.17, 15) is 17.8 Å². The maximum Gasteiger partial charge on any atom is 0.306 e. The Bertz CT molecular complexity index is 1280. The predicted octanol–water partition coefficient (Wildman–Crippen LogP) is 7.95. The normalized spacial score (nSPS) is 14.9. The van der Waals surface area contributed by atoms with Crippen LogP contribution in [-0.4, -0.2) is 38.5 Å². The van der Waals surface area contributed by atoms with Crippen LogP contribution in [0.5, 0.6) is 0 Å². The van der Waals surface area contributed by atoms with E-state index in [4.69, 9.17) is 9.26 Å². The molecule has 0 fully saturated rings. The minimum absolute atomic E-state index is 0.0591. The van der Waals surface area contributed by atoms with Gasteiger partial charge in [-0.3, -0.25) is 9.36 Å². The first-order chi connectivity index (χ1) is 18.9. The number of carbonyl (C=O) groups is 1. The molecule has 0 radical (unpaired) electrons. The van der Waals surface area contributed by atoms with E-state index in [-0.39, 0.29) is 48.3 Å². The molecular weight excluding hydrogens is 557 g/mol. The molecule has 0 spiro atoms. The molecule has 2 aromatic rings. The highest BCUT2D eigenvalue weighted by atomic mass is 32.2. The summed E-state index contributed by atoms with van der Waals surface area (Å²) in [5.41, 5.74) is 2.65. The summed E-state index contributed by atoms with van der Waals surface area (Å²) < 4.78 is 57.4. The summed E-state index contributed by atoms with van der Waals surface area (Å²) >= 11 is 0. The molecule has 0 saturated heterocycles. The minimum atomic E-state index is -4.16. The maximum absolute atomic E-state index is 14.5. The van der Waals surface area contributed by atoms with Crippen LogP contribution in [0.3, 0.4) is 0 Å². The number of hydrogen-bond acceptors (Lipinski definition) is 6. The molecule has 1 N–H and O–H groups in total. The first-order valence-corrected chi connectivity index (χ1v) is 18.0. The van der Waals surface area contributed by atoms with Crippen molar-refractivity contribution in [1.82, 2.24) is 4.72 Å². The van der Waals surface area contributed by atoms with Crippen molar-refractivity contribution in [3.8, 4) is 0 Å². The molecule has 0 bridgehead atoms. The van der Waals surface area contributed by atoms with Crippen LogP contribution in [0.1, 0.15) is 116 Å². The largest absolute Gasteiger partial charge is 0.460 e. The molecular formula is C32H50NO6PS. The highest BCUT2D eigenvalue weighted by Gasteiger charge is 2.39. The van der Waals surface area contributed by atoms with E-state index in [1.54, 1.807) is 27.7 Å². The van der Waals surface area contributed by atoms with Gasteiger partial charge in [0.2, 0.25) is 17.4 Å². The monoisotopic (exact) mass is 607 g/mol. The Hall–Kier alpha value is -1.99. The van der Waals surface area contributed by atoms with Crippen molar-refractivity contribution in [2.24, 2.45) is 0 Å². The van der Waals surface area contributed by atoms with Gasteiger partial charge < -0.3 is 9.26 Å². The molecule has 0 aliphatic heterocycles. The van der Waals surface area contributed by atoms with E-state index in [2.05, 4.69) is 18.6 Å². The Morgan fingerprint density at radius 3 is 1.90 bits per heavy atom. The van der Waals surface area contributed by atoms with Crippen LogP contribution in [0.4, 0.5) is 0 Å². The number of benzene rings is 2. The molecule has 9 heteroatoms. The van der Waals surface area contributed by atoms with Gasteiger partial charge in [0.05, 0.1) is 17.9 Å². The number of rotatable bonds is 14. The van der Waals surface area contributed by atoms with Crippen molar-refractivity contribution in [2.45, 2.75) is 116 Å². The van der Waals surface area contributed by atoms with Gasteiger partial charge in [-0.2, -0.15) is 4.72 Å². The fourth-order valence-corrected chi connectivity index (χ4v) is 9.57. The summed E-state index contributed by atoms with van der Waals surface area (Å²) in [6.45, 7) is 19.2. The molecule has 2 aromatic carbocycles. The summed E-state index contributed by atoms with van der Waals surface area (Å²) in [5, 5.41) is 0. The van der Waals surface area contributed by atoms with Crippen molar-refractivity contribution in [3.63, 3.8) is 0 Å². The lowest BCUT2D eigenvalue weighted by Crippen LogP contribution is -2.39. The Kier molecular flexibility index (Phi) is 12.4. The van der Waals surface area contributed by atoms with E-state index in [0.29, 0.717) is 0 Å². The number of sulfonamides is 1. The fraction of sp³-hybridized carbons (Fsp3) is 0.594. The average Bonchev–Trinajstić information content (AvgIpc) is 2.86. The van der Waals surface area contributed by atoms with Gasteiger partial charge >= 0.3 is 5.97 Å². The number of carbonyl (C=O) groups excluding carboxylic acids is 1. The topological polar surface area (TPSA) is 98.8 Å². The van der Waals surface area contributed by atoms with E-state index >= 15 is 0 Å². The van der Waals surface area contributed by atoms with Crippen LogP contribution < -0.4 is 4.72 Å². The second-order valence-corrected chi connectivity index (χ2v) is 17.0. The van der Waals surface area contributed by atoms with Crippen LogP contribution in [0.15, 0.2) is 47.4 Å². The Morgan fingerprint density at radius 2 is 1.46 bits per heavy atom. The van der Waals surface area contributed by atoms with Crippen LogP contribution in [0.25, 0.3) is 0 Å². The zero-order chi connectivity index (χ0) is 31.2. The summed E-state index contributed by atoms with van der Waals surface area (Å²) in [6.07, 6.45) is -0.154. The summed E-state index contributed by atoms with van der Waals surface area (Å²) in [7, 11) is -7.89. The van der Waals surface area contributed by atoms with E-state index in [1.165, 1.54) is 0 Å². The van der Waals surface area contributed by atoms with Crippen LogP contribution in [-0.2, 0) is 35.1 Å². The van der Waals surface area contributed by atoms with Crippen molar-refractivity contribution in [1.29, 1.82) is 0 Å². The SMILES string of the molecule is CCOP(=O)(CCC(=O)OC(C)(C)C)[C@H](Cc1ccccc1)NS(=O)(=O)c1c(C(C)C)cc(C(C)C)cc1C(C)C. The van der Waals surface area contributed by atoms with E-state index < -0.39 is 34.7 Å². The van der Waals surface area contributed by atoms with Gasteiger partial charge in [0.25, 0.3) is 0 Å². The third-order valence-electron chi connectivity index (χ3n) is 6.78. The van der Waals surface area contributed by atoms with Gasteiger partial charge in [-0.15, -0.1) is 0 Å². The molecule has 0 saturated carbocycles. The summed E-state index contributed by atoms with van der Waals surface area (Å²) in [4.78, 5) is 12.8. The lowest BCUT2D eigenvalue weighted by molar-refractivity contribution is -0.154. The number of hydrogen-bond donors (Lipinski definition) is 1. The Labute approximate surface area is 248 Å². The molecule has 41 heavy (non-hydrogen) atoms. The van der Waals surface area contributed by atoms with Gasteiger partial charge in [-0.25, -0.2) is 8.42 Å². The zero-order valence-corrected chi connectivity index (χ0v) is 28.2. The lowest BCUT2D eigenvalue weighted by atomic mass is 9.89. The average molecular weight is 608 g/mol. The van der Waals surface area contributed by atoms with Gasteiger partial charge in [0.15, 0.2) is 0 Å². The highest BCUT2D eigenvalue weighted by molar-refractivity contribution is 7.90. The second-order valence-electron chi connectivity index (χ2n) is 12.5. The summed E-state index contributed by atoms with van der Waals surface area (Å²) in [6, 6.07) is 13.3. The molecule has 0 heterocycles. The second kappa shape index (κ2) is 14.5. The lowest BCUT2D eigenvalue weighted by Gasteiger charge is -2.30. The molecule has 0 amide bonds. The van der Waals surface area contributed by atoms with Crippen molar-refractivity contribution in [3.05, 3.63) is 64.7 Å². The van der Waals surface area contributed by atoms with Crippen LogP contribution in [0, 0.1) is 0 Å². The maximum atomic E-state index is 14.5. The van der Waals surface area contributed by atoms with Gasteiger partial charge in [0.1, 0.15) is 11.4 Å². The van der Waals surface area contributed by atoms with Gasteiger partial charge in [0, 0.05) is 6.16 Å². The zero-order valence-electron chi connectivity index (χ0n) is 26.5. The van der Waals surface area contributed by atoms with Crippen molar-refractivity contribution in [2.75, 3.05) is 12.8 Å². The molecule has 1 unspecified atom stereocenters.